The number of carbonyl (C=O) groups is 3. The van der Waals surface area contributed by atoms with Crippen molar-refractivity contribution in [1.82, 2.24) is 10.2 Å². The molecule has 3 fully saturated rings. The molecule has 2 aliphatic heterocycles. The third-order valence-electron chi connectivity index (χ3n) is 4.96. The van der Waals surface area contributed by atoms with E-state index in [1.165, 1.54) is 0 Å². The highest BCUT2D eigenvalue weighted by Crippen LogP contribution is 2.42. The van der Waals surface area contributed by atoms with Crippen LogP contribution in [0.15, 0.2) is 0 Å². The number of ether oxygens (including phenoxy) is 2. The molecule has 1 aliphatic carbocycles. The van der Waals surface area contributed by atoms with Gasteiger partial charge in [-0.25, -0.2) is 4.79 Å². The third-order valence-corrected chi connectivity index (χ3v) is 4.96. The maximum absolute atomic E-state index is 12.8. The average Bonchev–Trinajstić information content (AvgIpc) is 3.13. The van der Waals surface area contributed by atoms with Crippen molar-refractivity contribution in [3.8, 4) is 0 Å². The van der Waals surface area contributed by atoms with Crippen molar-refractivity contribution in [1.29, 1.82) is 0 Å². The molecule has 21 heavy (non-hydrogen) atoms. The number of urea groups is 1. The minimum atomic E-state index is -1.05. The summed E-state index contributed by atoms with van der Waals surface area (Å²) in [6.07, 6.45) is 3.32. The van der Waals surface area contributed by atoms with Crippen LogP contribution in [-0.2, 0) is 19.1 Å². The van der Waals surface area contributed by atoms with Crippen molar-refractivity contribution in [2.24, 2.45) is 5.41 Å². The summed E-state index contributed by atoms with van der Waals surface area (Å²) in [5.74, 6) is -0.822. The number of imide groups is 2. The number of nitrogens with zero attached hydrogens (tertiary/aromatic N) is 1. The Morgan fingerprint density at radius 1 is 1.24 bits per heavy atom. The summed E-state index contributed by atoms with van der Waals surface area (Å²) in [5.41, 5.74) is -1.71. The molecule has 2 saturated heterocycles. The van der Waals surface area contributed by atoms with Crippen LogP contribution in [0, 0.1) is 5.41 Å². The Bertz CT molecular complexity index is 478. The lowest BCUT2D eigenvalue weighted by molar-refractivity contribution is -0.154. The highest BCUT2D eigenvalue weighted by atomic mass is 16.5. The summed E-state index contributed by atoms with van der Waals surface area (Å²) in [4.78, 5) is 38.1. The highest BCUT2D eigenvalue weighted by Gasteiger charge is 2.56. The molecule has 0 radical (unpaired) electrons. The lowest BCUT2D eigenvalue weighted by Gasteiger charge is -2.40. The summed E-state index contributed by atoms with van der Waals surface area (Å²) in [7, 11) is 1.55. The molecular formula is C14H20N2O5. The molecule has 7 heteroatoms. The van der Waals surface area contributed by atoms with Crippen LogP contribution in [0.3, 0.4) is 0 Å². The van der Waals surface area contributed by atoms with Gasteiger partial charge < -0.3 is 9.47 Å². The molecule has 1 N–H and O–H groups in total. The van der Waals surface area contributed by atoms with Gasteiger partial charge in [-0.05, 0) is 12.8 Å². The third kappa shape index (κ3) is 2.15. The standard InChI is InChI=1S/C14H20N2O5/c1-20-13(6-7-21-9-13)8-16-11(18)14(4-2-3-5-14)10(17)15-12(16)19/h2-9H2,1H3,(H,15,17,19). The van der Waals surface area contributed by atoms with Crippen molar-refractivity contribution < 1.29 is 23.9 Å². The van der Waals surface area contributed by atoms with E-state index in [-0.39, 0.29) is 12.5 Å². The van der Waals surface area contributed by atoms with Crippen molar-refractivity contribution in [2.45, 2.75) is 37.7 Å². The number of rotatable bonds is 3. The first-order chi connectivity index (χ1) is 10.0. The van der Waals surface area contributed by atoms with Gasteiger partial charge in [-0.3, -0.25) is 19.8 Å². The molecule has 0 bridgehead atoms. The first-order valence-electron chi connectivity index (χ1n) is 7.33. The van der Waals surface area contributed by atoms with Gasteiger partial charge in [0, 0.05) is 20.1 Å². The highest BCUT2D eigenvalue weighted by molar-refractivity contribution is 6.19. The fraction of sp³-hybridized carbons (Fsp3) is 0.786. The van der Waals surface area contributed by atoms with Gasteiger partial charge in [0.2, 0.25) is 11.8 Å². The molecule has 0 aromatic carbocycles. The largest absolute Gasteiger partial charge is 0.378 e. The van der Waals surface area contributed by atoms with Gasteiger partial charge in [-0.1, -0.05) is 12.8 Å². The van der Waals surface area contributed by atoms with Crippen LogP contribution in [0.2, 0.25) is 0 Å². The van der Waals surface area contributed by atoms with Gasteiger partial charge in [0.05, 0.1) is 13.2 Å². The Kier molecular flexibility index (Phi) is 3.49. The fourth-order valence-corrected chi connectivity index (χ4v) is 3.52. The molecule has 4 amide bonds. The fourth-order valence-electron chi connectivity index (χ4n) is 3.52. The summed E-state index contributed by atoms with van der Waals surface area (Å²) in [5, 5.41) is 2.34. The number of methoxy groups -OCH3 is 1. The van der Waals surface area contributed by atoms with Gasteiger partial charge >= 0.3 is 6.03 Å². The monoisotopic (exact) mass is 296 g/mol. The van der Waals surface area contributed by atoms with Crippen LogP contribution in [0.1, 0.15) is 32.1 Å². The molecular weight excluding hydrogens is 276 g/mol. The molecule has 0 aromatic rings. The van der Waals surface area contributed by atoms with Crippen LogP contribution < -0.4 is 5.32 Å². The number of hydrogen-bond donors (Lipinski definition) is 1. The van der Waals surface area contributed by atoms with Crippen LogP contribution in [0.5, 0.6) is 0 Å². The Balaban J connectivity index is 1.85. The SMILES string of the molecule is COC1(CN2C(=O)NC(=O)C3(CCCC3)C2=O)CCOC1. The molecule has 1 atom stereocenters. The zero-order chi connectivity index (χ0) is 15.1. The second kappa shape index (κ2) is 5.06. The zero-order valence-corrected chi connectivity index (χ0v) is 12.1. The maximum Gasteiger partial charge on any atom is 0.330 e. The van der Waals surface area contributed by atoms with Crippen molar-refractivity contribution in [2.75, 3.05) is 26.9 Å². The lowest BCUT2D eigenvalue weighted by Crippen LogP contribution is -2.65. The Morgan fingerprint density at radius 2 is 1.95 bits per heavy atom. The van der Waals surface area contributed by atoms with E-state index in [2.05, 4.69) is 5.32 Å². The Labute approximate surface area is 122 Å². The molecule has 1 spiro atoms. The average molecular weight is 296 g/mol. The zero-order valence-electron chi connectivity index (χ0n) is 12.1. The summed E-state index contributed by atoms with van der Waals surface area (Å²) >= 11 is 0. The van der Waals surface area contributed by atoms with E-state index in [1.807, 2.05) is 0 Å². The Hall–Kier alpha value is -1.47. The van der Waals surface area contributed by atoms with Gasteiger partial charge in [0.25, 0.3) is 0 Å². The van der Waals surface area contributed by atoms with E-state index >= 15 is 0 Å². The first kappa shape index (κ1) is 14.5. The summed E-state index contributed by atoms with van der Waals surface area (Å²) in [6, 6.07) is -0.647. The van der Waals surface area contributed by atoms with Crippen molar-refractivity contribution in [3.63, 3.8) is 0 Å². The molecule has 116 valence electrons. The topological polar surface area (TPSA) is 84.9 Å². The van der Waals surface area contributed by atoms with Crippen LogP contribution in [-0.4, -0.2) is 55.2 Å². The lowest BCUT2D eigenvalue weighted by atomic mass is 9.81. The molecule has 0 aromatic heterocycles. The number of carbonyl (C=O) groups excluding carboxylic acids is 3. The molecule has 2 heterocycles. The van der Waals surface area contributed by atoms with E-state index in [9.17, 15) is 14.4 Å². The van der Waals surface area contributed by atoms with E-state index in [4.69, 9.17) is 9.47 Å². The second-order valence-corrected chi connectivity index (χ2v) is 6.13. The van der Waals surface area contributed by atoms with E-state index in [0.717, 1.165) is 17.7 Å². The number of nitrogens with one attached hydrogen (secondary N) is 1. The van der Waals surface area contributed by atoms with Gasteiger partial charge in [0.1, 0.15) is 11.0 Å². The predicted octanol–water partition coefficient (Wildman–Crippen LogP) is 0.431. The predicted molar refractivity (Wildman–Crippen MR) is 71.3 cm³/mol. The van der Waals surface area contributed by atoms with Gasteiger partial charge in [0.15, 0.2) is 0 Å². The molecule has 7 nitrogen and oxygen atoms in total. The van der Waals surface area contributed by atoms with E-state index in [0.29, 0.717) is 32.5 Å². The first-order valence-corrected chi connectivity index (χ1v) is 7.33. The molecule has 1 saturated carbocycles. The van der Waals surface area contributed by atoms with Crippen LogP contribution in [0.4, 0.5) is 4.79 Å². The van der Waals surface area contributed by atoms with E-state index < -0.39 is 23.0 Å². The Morgan fingerprint density at radius 3 is 2.52 bits per heavy atom. The smallest absolute Gasteiger partial charge is 0.330 e. The van der Waals surface area contributed by atoms with Gasteiger partial charge in [-0.15, -0.1) is 0 Å². The molecule has 1 unspecified atom stereocenters. The van der Waals surface area contributed by atoms with Crippen LogP contribution in [0.25, 0.3) is 0 Å². The minimum absolute atomic E-state index is 0.128. The number of amides is 4. The number of barbiturate groups is 1. The summed E-state index contributed by atoms with van der Waals surface area (Å²) in [6.45, 7) is 1.02. The maximum atomic E-state index is 12.8. The number of hydrogen-bond acceptors (Lipinski definition) is 5. The molecule has 3 rings (SSSR count). The van der Waals surface area contributed by atoms with Gasteiger partial charge in [-0.2, -0.15) is 0 Å². The van der Waals surface area contributed by atoms with Crippen molar-refractivity contribution in [3.05, 3.63) is 0 Å². The van der Waals surface area contributed by atoms with Crippen molar-refractivity contribution >= 4 is 17.8 Å². The quantitative estimate of drug-likeness (QED) is 0.763. The normalized spacial score (nSPS) is 32.0. The summed E-state index contributed by atoms with van der Waals surface area (Å²) < 4.78 is 10.8. The second-order valence-electron chi connectivity index (χ2n) is 6.13. The minimum Gasteiger partial charge on any atom is -0.378 e. The van der Waals surface area contributed by atoms with Crippen LogP contribution >= 0.6 is 0 Å². The van der Waals surface area contributed by atoms with E-state index in [1.54, 1.807) is 7.11 Å². The molecule has 3 aliphatic rings.